The molecule has 11 heavy (non-hydrogen) atoms. The maximum absolute atomic E-state index is 12.6. The van der Waals surface area contributed by atoms with Crippen LogP contribution < -0.4 is 0 Å². The zero-order valence-electron chi connectivity index (χ0n) is 6.08. The number of hydrogen-bond acceptors (Lipinski definition) is 2. The third kappa shape index (κ3) is 2.14. The second-order valence-electron chi connectivity index (χ2n) is 3.02. The quantitative estimate of drug-likeness (QED) is 0.559. The number of alkyl halides is 2. The average Bonchev–Trinajstić information content (AvgIpc) is 1.94. The summed E-state index contributed by atoms with van der Waals surface area (Å²) in [6, 6.07) is 0. The van der Waals surface area contributed by atoms with E-state index in [0.29, 0.717) is 6.42 Å². The maximum Gasteiger partial charge on any atom is 0.454 e. The van der Waals surface area contributed by atoms with Crippen molar-refractivity contribution in [2.24, 2.45) is 0 Å². The van der Waals surface area contributed by atoms with Gasteiger partial charge >= 0.3 is 7.12 Å². The van der Waals surface area contributed by atoms with Gasteiger partial charge in [0, 0.05) is 0 Å². The highest BCUT2D eigenvalue weighted by Gasteiger charge is 2.35. The molecule has 0 bridgehead atoms. The minimum atomic E-state index is -1.52. The Labute approximate surface area is 64.4 Å². The van der Waals surface area contributed by atoms with Gasteiger partial charge in [-0.1, -0.05) is 0 Å². The number of hydrogen-bond donors (Lipinski definition) is 2. The summed E-state index contributed by atoms with van der Waals surface area (Å²) in [6.07, 6.45) is -2.54. The van der Waals surface area contributed by atoms with E-state index < -0.39 is 25.3 Å². The van der Waals surface area contributed by atoms with E-state index >= 15 is 0 Å². The highest BCUT2D eigenvalue weighted by Crippen LogP contribution is 2.33. The molecule has 3 unspecified atom stereocenters. The summed E-state index contributed by atoms with van der Waals surface area (Å²) < 4.78 is 25.1. The van der Waals surface area contributed by atoms with Crippen molar-refractivity contribution in [2.75, 3.05) is 0 Å². The van der Waals surface area contributed by atoms with Gasteiger partial charge in [-0.25, -0.2) is 8.78 Å². The van der Waals surface area contributed by atoms with Crippen LogP contribution in [0.5, 0.6) is 0 Å². The Hall–Kier alpha value is -0.155. The first-order valence-corrected chi connectivity index (χ1v) is 3.75. The molecule has 2 nitrogen and oxygen atoms in total. The first-order chi connectivity index (χ1) is 5.11. The molecule has 64 valence electrons. The molecule has 1 fully saturated rings. The number of rotatable bonds is 1. The average molecular weight is 164 g/mol. The van der Waals surface area contributed by atoms with Crippen LogP contribution >= 0.6 is 0 Å². The van der Waals surface area contributed by atoms with E-state index in [1.807, 2.05) is 0 Å². The van der Waals surface area contributed by atoms with Crippen molar-refractivity contribution in [1.82, 2.24) is 0 Å². The van der Waals surface area contributed by atoms with Gasteiger partial charge in [0.15, 0.2) is 0 Å². The Morgan fingerprint density at radius 1 is 1.09 bits per heavy atom. The second-order valence-corrected chi connectivity index (χ2v) is 3.02. The largest absolute Gasteiger partial charge is 0.454 e. The van der Waals surface area contributed by atoms with Gasteiger partial charge in [-0.05, 0) is 25.1 Å². The molecule has 0 aromatic carbocycles. The van der Waals surface area contributed by atoms with E-state index in [0.717, 1.165) is 0 Å². The highest BCUT2D eigenvalue weighted by atomic mass is 19.2. The van der Waals surface area contributed by atoms with Crippen molar-refractivity contribution in [2.45, 2.75) is 37.4 Å². The maximum atomic E-state index is 12.6. The third-order valence-electron chi connectivity index (χ3n) is 2.16. The normalized spacial score (nSPS) is 38.7. The molecule has 0 amide bonds. The molecule has 1 aliphatic rings. The van der Waals surface area contributed by atoms with Crippen LogP contribution in [0.25, 0.3) is 0 Å². The molecule has 0 aliphatic heterocycles. The predicted molar refractivity (Wildman–Crippen MR) is 37.6 cm³/mol. The van der Waals surface area contributed by atoms with Crippen LogP contribution in [0.2, 0.25) is 5.82 Å². The summed E-state index contributed by atoms with van der Waals surface area (Å²) in [4.78, 5) is 0. The topological polar surface area (TPSA) is 40.5 Å². The Bertz CT molecular complexity index is 134. The fourth-order valence-electron chi connectivity index (χ4n) is 1.38. The highest BCUT2D eigenvalue weighted by molar-refractivity contribution is 6.43. The summed E-state index contributed by atoms with van der Waals surface area (Å²) in [6.45, 7) is 0. The molecule has 0 aromatic rings. The summed E-state index contributed by atoms with van der Waals surface area (Å²) >= 11 is 0. The van der Waals surface area contributed by atoms with Crippen LogP contribution in [-0.2, 0) is 0 Å². The van der Waals surface area contributed by atoms with E-state index in [1.54, 1.807) is 0 Å². The van der Waals surface area contributed by atoms with E-state index in [-0.39, 0.29) is 12.8 Å². The Balaban J connectivity index is 2.40. The predicted octanol–water partition coefficient (Wildman–Crippen LogP) is 0.690. The van der Waals surface area contributed by atoms with Crippen molar-refractivity contribution >= 4 is 7.12 Å². The van der Waals surface area contributed by atoms with Crippen LogP contribution in [0.1, 0.15) is 19.3 Å². The van der Waals surface area contributed by atoms with Gasteiger partial charge < -0.3 is 10.0 Å². The van der Waals surface area contributed by atoms with E-state index in [4.69, 9.17) is 10.0 Å². The van der Waals surface area contributed by atoms with Crippen molar-refractivity contribution in [3.63, 3.8) is 0 Å². The second kappa shape index (κ2) is 3.49. The molecule has 1 saturated carbocycles. The standard InChI is InChI=1S/C6H11BF2O2/c8-5-2-1-4(7(10)11)3-6(5)9/h4-6,10-11H,1-3H2. The Kier molecular flexibility index (Phi) is 2.84. The van der Waals surface area contributed by atoms with Crippen LogP contribution in [0, 0.1) is 0 Å². The molecule has 0 heterocycles. The van der Waals surface area contributed by atoms with Crippen LogP contribution in [0.3, 0.4) is 0 Å². The molecule has 0 spiro atoms. The SMILES string of the molecule is OB(O)C1CCC(F)C(F)C1. The van der Waals surface area contributed by atoms with Gasteiger partial charge in [0.25, 0.3) is 0 Å². The lowest BCUT2D eigenvalue weighted by Gasteiger charge is -2.26. The van der Waals surface area contributed by atoms with Crippen molar-refractivity contribution in [3.05, 3.63) is 0 Å². The summed E-state index contributed by atoms with van der Waals surface area (Å²) in [5.74, 6) is -0.489. The fraction of sp³-hybridized carbons (Fsp3) is 1.00. The monoisotopic (exact) mass is 164 g/mol. The first kappa shape index (κ1) is 8.94. The van der Waals surface area contributed by atoms with Crippen LogP contribution in [0.15, 0.2) is 0 Å². The molecule has 1 rings (SSSR count). The molecular weight excluding hydrogens is 153 g/mol. The molecule has 0 radical (unpaired) electrons. The first-order valence-electron chi connectivity index (χ1n) is 3.75. The Morgan fingerprint density at radius 3 is 2.18 bits per heavy atom. The third-order valence-corrected chi connectivity index (χ3v) is 2.16. The minimum absolute atomic E-state index is 0.0706. The van der Waals surface area contributed by atoms with Crippen molar-refractivity contribution in [1.29, 1.82) is 0 Å². The summed E-state index contributed by atoms with van der Waals surface area (Å²) in [5, 5.41) is 17.3. The van der Waals surface area contributed by atoms with Gasteiger partial charge in [-0.2, -0.15) is 0 Å². The van der Waals surface area contributed by atoms with Gasteiger partial charge in [-0.15, -0.1) is 0 Å². The molecule has 1 aliphatic carbocycles. The lowest BCUT2D eigenvalue weighted by Crippen LogP contribution is -2.32. The number of halogens is 2. The molecule has 3 atom stereocenters. The molecule has 0 aromatic heterocycles. The summed E-state index contributed by atoms with van der Waals surface area (Å²) in [5.41, 5.74) is 0. The van der Waals surface area contributed by atoms with Gasteiger partial charge in [-0.3, -0.25) is 0 Å². The smallest absolute Gasteiger partial charge is 0.427 e. The van der Waals surface area contributed by atoms with Gasteiger partial charge in [0.1, 0.15) is 12.3 Å². The zero-order chi connectivity index (χ0) is 8.43. The molecule has 2 N–H and O–H groups in total. The van der Waals surface area contributed by atoms with Crippen LogP contribution in [-0.4, -0.2) is 29.5 Å². The van der Waals surface area contributed by atoms with E-state index in [9.17, 15) is 8.78 Å². The van der Waals surface area contributed by atoms with Gasteiger partial charge in [0.2, 0.25) is 0 Å². The van der Waals surface area contributed by atoms with E-state index in [1.165, 1.54) is 0 Å². The fourth-order valence-corrected chi connectivity index (χ4v) is 1.38. The molecule has 0 saturated heterocycles. The molecule has 5 heteroatoms. The van der Waals surface area contributed by atoms with Crippen molar-refractivity contribution < 1.29 is 18.8 Å². The van der Waals surface area contributed by atoms with E-state index in [2.05, 4.69) is 0 Å². The minimum Gasteiger partial charge on any atom is -0.427 e. The Morgan fingerprint density at radius 2 is 1.73 bits per heavy atom. The lowest BCUT2D eigenvalue weighted by molar-refractivity contribution is 0.113. The molecular formula is C6H11BF2O2. The van der Waals surface area contributed by atoms with Gasteiger partial charge in [0.05, 0.1) is 0 Å². The van der Waals surface area contributed by atoms with Crippen LogP contribution in [0.4, 0.5) is 8.78 Å². The lowest BCUT2D eigenvalue weighted by atomic mass is 9.64. The zero-order valence-corrected chi connectivity index (χ0v) is 6.08. The van der Waals surface area contributed by atoms with Crippen molar-refractivity contribution in [3.8, 4) is 0 Å². The summed E-state index contributed by atoms with van der Waals surface area (Å²) in [7, 11) is -1.50.